The highest BCUT2D eigenvalue weighted by atomic mass is 32.2. The molecule has 0 amide bonds. The van der Waals surface area contributed by atoms with Crippen LogP contribution in [0.1, 0.15) is 41.0 Å². The summed E-state index contributed by atoms with van der Waals surface area (Å²) in [4.78, 5) is 0. The summed E-state index contributed by atoms with van der Waals surface area (Å²) in [5, 5.41) is 3.31. The van der Waals surface area contributed by atoms with E-state index in [2.05, 4.69) is 5.32 Å². The van der Waals surface area contributed by atoms with Gasteiger partial charge in [-0.2, -0.15) is 4.31 Å². The molecule has 96 valence electrons. The first-order valence-corrected chi connectivity index (χ1v) is 7.42. The minimum Gasteiger partial charge on any atom is -0.315 e. The van der Waals surface area contributed by atoms with Crippen molar-refractivity contribution in [1.82, 2.24) is 9.62 Å². The lowest BCUT2D eigenvalue weighted by atomic mass is 9.98. The van der Waals surface area contributed by atoms with Crippen molar-refractivity contribution >= 4 is 10.0 Å². The Balaban J connectivity index is 3.18. The van der Waals surface area contributed by atoms with Gasteiger partial charge in [-0.05, 0) is 47.6 Å². The second-order valence-corrected chi connectivity index (χ2v) is 8.03. The molecular weight excluding hydrogens is 224 g/mol. The molecule has 0 bridgehead atoms. The maximum atomic E-state index is 12.3. The standard InChI is InChI=1S/C11H24N2O2S/c1-10(2,3)13-11(4,5)9-12-7-6-8-16(13,14)15/h12H,6-9H2,1-5H3. The van der Waals surface area contributed by atoms with Crippen LogP contribution in [0.3, 0.4) is 0 Å². The van der Waals surface area contributed by atoms with Gasteiger partial charge in [-0.1, -0.05) is 0 Å². The Morgan fingerprint density at radius 1 is 1.25 bits per heavy atom. The van der Waals surface area contributed by atoms with E-state index in [1.165, 1.54) is 0 Å². The van der Waals surface area contributed by atoms with Gasteiger partial charge in [0.05, 0.1) is 5.75 Å². The lowest BCUT2D eigenvalue weighted by Crippen LogP contribution is -2.62. The number of rotatable bonds is 0. The lowest BCUT2D eigenvalue weighted by molar-refractivity contribution is 0.120. The summed E-state index contributed by atoms with van der Waals surface area (Å²) in [7, 11) is -3.16. The van der Waals surface area contributed by atoms with Gasteiger partial charge in [0.1, 0.15) is 0 Å². The molecule has 1 N–H and O–H groups in total. The summed E-state index contributed by atoms with van der Waals surface area (Å²) in [5.74, 6) is 0.237. The van der Waals surface area contributed by atoms with Gasteiger partial charge in [0.15, 0.2) is 0 Å². The van der Waals surface area contributed by atoms with Crippen molar-refractivity contribution in [3.05, 3.63) is 0 Å². The summed E-state index contributed by atoms with van der Waals surface area (Å²) in [6.45, 7) is 11.3. The predicted molar refractivity (Wildman–Crippen MR) is 66.9 cm³/mol. The quantitative estimate of drug-likeness (QED) is 0.700. The monoisotopic (exact) mass is 248 g/mol. The first kappa shape index (κ1) is 13.9. The molecule has 5 heteroatoms. The number of nitrogens with zero attached hydrogens (tertiary/aromatic N) is 1. The zero-order valence-corrected chi connectivity index (χ0v) is 11.8. The molecule has 1 fully saturated rings. The topological polar surface area (TPSA) is 49.4 Å². The number of sulfonamides is 1. The van der Waals surface area contributed by atoms with Gasteiger partial charge < -0.3 is 5.32 Å². The maximum Gasteiger partial charge on any atom is 0.215 e. The third-order valence-corrected chi connectivity index (χ3v) is 5.15. The molecule has 0 aromatic heterocycles. The molecule has 1 saturated heterocycles. The number of hydrogen-bond donors (Lipinski definition) is 1. The molecular formula is C11H24N2O2S. The maximum absolute atomic E-state index is 12.3. The Hall–Kier alpha value is -0.130. The van der Waals surface area contributed by atoms with E-state index in [0.717, 1.165) is 6.54 Å². The Labute approximate surface area is 99.5 Å². The van der Waals surface area contributed by atoms with Crippen LogP contribution in [0.2, 0.25) is 0 Å². The predicted octanol–water partition coefficient (Wildman–Crippen LogP) is 1.19. The second kappa shape index (κ2) is 4.27. The molecule has 1 heterocycles. The van der Waals surface area contributed by atoms with Crippen LogP contribution in [0, 0.1) is 0 Å². The van der Waals surface area contributed by atoms with E-state index >= 15 is 0 Å². The third kappa shape index (κ3) is 2.96. The van der Waals surface area contributed by atoms with Crippen molar-refractivity contribution in [2.75, 3.05) is 18.8 Å². The van der Waals surface area contributed by atoms with Gasteiger partial charge in [0.2, 0.25) is 10.0 Å². The van der Waals surface area contributed by atoms with Gasteiger partial charge >= 0.3 is 0 Å². The van der Waals surface area contributed by atoms with Crippen molar-refractivity contribution in [3.63, 3.8) is 0 Å². The first-order valence-electron chi connectivity index (χ1n) is 5.81. The Morgan fingerprint density at radius 2 is 1.81 bits per heavy atom. The first-order chi connectivity index (χ1) is 7.07. The van der Waals surface area contributed by atoms with Crippen LogP contribution in [0.4, 0.5) is 0 Å². The minimum atomic E-state index is -3.16. The van der Waals surface area contributed by atoms with Crippen molar-refractivity contribution in [3.8, 4) is 0 Å². The number of hydrogen-bond acceptors (Lipinski definition) is 3. The molecule has 1 aliphatic rings. The summed E-state index contributed by atoms with van der Waals surface area (Å²) in [5.41, 5.74) is -0.751. The average molecular weight is 248 g/mol. The van der Waals surface area contributed by atoms with E-state index in [9.17, 15) is 8.42 Å². The van der Waals surface area contributed by atoms with E-state index in [4.69, 9.17) is 0 Å². The van der Waals surface area contributed by atoms with Crippen molar-refractivity contribution in [2.45, 2.75) is 52.1 Å². The van der Waals surface area contributed by atoms with Gasteiger partial charge in [0.25, 0.3) is 0 Å². The molecule has 4 nitrogen and oxygen atoms in total. The van der Waals surface area contributed by atoms with Crippen molar-refractivity contribution < 1.29 is 8.42 Å². The van der Waals surface area contributed by atoms with Crippen LogP contribution in [-0.2, 0) is 10.0 Å². The van der Waals surface area contributed by atoms with Crippen LogP contribution in [0.5, 0.6) is 0 Å². The summed E-state index contributed by atoms with van der Waals surface area (Å²) in [6.07, 6.45) is 0.686. The van der Waals surface area contributed by atoms with Crippen LogP contribution < -0.4 is 5.32 Å². The summed E-state index contributed by atoms with van der Waals surface area (Å²) >= 11 is 0. The molecule has 1 rings (SSSR count). The lowest BCUT2D eigenvalue weighted by Gasteiger charge is -2.46. The summed E-state index contributed by atoms with van der Waals surface area (Å²) < 4.78 is 26.3. The molecule has 0 atom stereocenters. The fraction of sp³-hybridized carbons (Fsp3) is 1.00. The van der Waals surface area contributed by atoms with Crippen LogP contribution in [0.25, 0.3) is 0 Å². The summed E-state index contributed by atoms with van der Waals surface area (Å²) in [6, 6.07) is 0. The second-order valence-electron chi connectivity index (χ2n) is 6.09. The molecule has 0 aliphatic carbocycles. The SMILES string of the molecule is CC(C)(C)N1C(C)(C)CNCCCS1(=O)=O. The van der Waals surface area contributed by atoms with Gasteiger partial charge in [-0.3, -0.25) is 0 Å². The Bertz CT molecular complexity index is 341. The minimum absolute atomic E-state index is 0.237. The van der Waals surface area contributed by atoms with E-state index in [0.29, 0.717) is 13.0 Å². The van der Waals surface area contributed by atoms with Crippen molar-refractivity contribution in [2.24, 2.45) is 0 Å². The van der Waals surface area contributed by atoms with Crippen LogP contribution in [0.15, 0.2) is 0 Å². The molecule has 16 heavy (non-hydrogen) atoms. The smallest absolute Gasteiger partial charge is 0.215 e. The van der Waals surface area contributed by atoms with Crippen molar-refractivity contribution in [1.29, 1.82) is 0 Å². The zero-order chi connectivity index (χ0) is 12.6. The number of nitrogens with one attached hydrogen (secondary N) is 1. The molecule has 0 spiro atoms. The van der Waals surface area contributed by atoms with E-state index in [-0.39, 0.29) is 16.8 Å². The van der Waals surface area contributed by atoms with E-state index in [1.807, 2.05) is 34.6 Å². The zero-order valence-electron chi connectivity index (χ0n) is 11.0. The molecule has 0 radical (unpaired) electrons. The molecule has 0 unspecified atom stereocenters. The fourth-order valence-corrected chi connectivity index (χ4v) is 4.98. The molecule has 0 saturated carbocycles. The van der Waals surface area contributed by atoms with Crippen LogP contribution in [-0.4, -0.2) is 42.6 Å². The van der Waals surface area contributed by atoms with Gasteiger partial charge in [-0.25, -0.2) is 8.42 Å². The highest BCUT2D eigenvalue weighted by Gasteiger charge is 2.43. The fourth-order valence-electron chi connectivity index (χ4n) is 2.64. The largest absolute Gasteiger partial charge is 0.315 e. The highest BCUT2D eigenvalue weighted by Crippen LogP contribution is 2.29. The molecule has 0 aromatic carbocycles. The third-order valence-electron chi connectivity index (χ3n) is 2.75. The van der Waals surface area contributed by atoms with E-state index in [1.54, 1.807) is 4.31 Å². The van der Waals surface area contributed by atoms with E-state index < -0.39 is 10.0 Å². The Morgan fingerprint density at radius 3 is 2.31 bits per heavy atom. The highest BCUT2D eigenvalue weighted by molar-refractivity contribution is 7.89. The van der Waals surface area contributed by atoms with Gasteiger partial charge in [-0.15, -0.1) is 0 Å². The average Bonchev–Trinajstić information content (AvgIpc) is 1.95. The molecule has 1 aliphatic heterocycles. The van der Waals surface area contributed by atoms with Gasteiger partial charge in [0, 0.05) is 17.6 Å². The molecule has 0 aromatic rings. The van der Waals surface area contributed by atoms with Crippen LogP contribution >= 0.6 is 0 Å². The Kier molecular flexibility index (Phi) is 3.72. The normalized spacial score (nSPS) is 27.1.